The molecule has 0 radical (unpaired) electrons. The van der Waals surface area contributed by atoms with E-state index in [9.17, 15) is 14.4 Å². The molecule has 3 aromatic rings. The summed E-state index contributed by atoms with van der Waals surface area (Å²) < 4.78 is 12.9. The number of aryl methyl sites for hydroxylation is 1. The predicted octanol–water partition coefficient (Wildman–Crippen LogP) is 3.52. The van der Waals surface area contributed by atoms with E-state index in [2.05, 4.69) is 5.32 Å². The summed E-state index contributed by atoms with van der Waals surface area (Å²) in [6, 6.07) is 15.9. The van der Waals surface area contributed by atoms with Crippen molar-refractivity contribution in [3.05, 3.63) is 77.1 Å². The Balaban J connectivity index is 1.42. The topological polar surface area (TPSA) is 89.9 Å². The standard InChI is InChI=1S/C26H25N3O5/c1-16-14-20(17(2)29(16)18-8-10-19(33-3)11-9-18)22(30)15-28-24(31)26(27-25(28)32)12-13-34-23-7-5-4-6-21(23)26/h4-11,14H,12-13,15H2,1-3H3,(H,27,32)/t26-/m0/s1. The second-order valence-electron chi connectivity index (χ2n) is 8.56. The fraction of sp³-hybridized carbons (Fsp3) is 0.269. The second-order valence-corrected chi connectivity index (χ2v) is 8.56. The van der Waals surface area contributed by atoms with Gasteiger partial charge in [0.2, 0.25) is 0 Å². The molecule has 174 valence electrons. The number of rotatable bonds is 5. The lowest BCUT2D eigenvalue weighted by molar-refractivity contribution is -0.132. The normalized spacial score (nSPS) is 19.1. The minimum absolute atomic E-state index is 0.297. The third-order valence-corrected chi connectivity index (χ3v) is 6.62. The largest absolute Gasteiger partial charge is 0.497 e. The van der Waals surface area contributed by atoms with Crippen molar-refractivity contribution in [2.45, 2.75) is 25.8 Å². The lowest BCUT2D eigenvalue weighted by atomic mass is 9.84. The van der Waals surface area contributed by atoms with Crippen LogP contribution in [-0.4, -0.2) is 47.4 Å². The molecule has 8 nitrogen and oxygen atoms in total. The van der Waals surface area contributed by atoms with Crippen LogP contribution in [0.3, 0.4) is 0 Å². The number of nitrogens with one attached hydrogen (secondary N) is 1. The van der Waals surface area contributed by atoms with Crippen molar-refractivity contribution < 1.29 is 23.9 Å². The van der Waals surface area contributed by atoms with Crippen LogP contribution in [0.15, 0.2) is 54.6 Å². The van der Waals surface area contributed by atoms with Crippen LogP contribution in [0.2, 0.25) is 0 Å². The third-order valence-electron chi connectivity index (χ3n) is 6.62. The first kappa shape index (κ1) is 21.8. The maximum Gasteiger partial charge on any atom is 0.325 e. The molecule has 8 heteroatoms. The first-order valence-corrected chi connectivity index (χ1v) is 11.1. The van der Waals surface area contributed by atoms with Crippen molar-refractivity contribution >= 4 is 17.7 Å². The average molecular weight is 460 g/mol. The zero-order chi connectivity index (χ0) is 24.0. The van der Waals surface area contributed by atoms with E-state index in [-0.39, 0.29) is 12.3 Å². The number of imide groups is 1. The Labute approximate surface area is 197 Å². The highest BCUT2D eigenvalue weighted by Gasteiger charge is 2.55. The zero-order valence-corrected chi connectivity index (χ0v) is 19.3. The van der Waals surface area contributed by atoms with Crippen molar-refractivity contribution in [1.82, 2.24) is 14.8 Å². The average Bonchev–Trinajstić information content (AvgIpc) is 3.27. The molecule has 1 N–H and O–H groups in total. The molecule has 1 saturated heterocycles. The number of hydrogen-bond acceptors (Lipinski definition) is 5. The minimum Gasteiger partial charge on any atom is -0.497 e. The lowest BCUT2D eigenvalue weighted by Crippen LogP contribution is -2.47. The SMILES string of the molecule is COc1ccc(-n2c(C)cc(C(=O)CN3C(=O)N[C@]4(CCOc5ccccc54)C3=O)c2C)cc1. The number of benzene rings is 2. The van der Waals surface area contributed by atoms with E-state index in [0.717, 1.165) is 27.7 Å². The maximum atomic E-state index is 13.5. The molecule has 0 aliphatic carbocycles. The number of nitrogens with zero attached hydrogens (tertiary/aromatic N) is 2. The summed E-state index contributed by atoms with van der Waals surface area (Å²) in [7, 11) is 1.61. The van der Waals surface area contributed by atoms with Crippen LogP contribution in [0, 0.1) is 13.8 Å². The van der Waals surface area contributed by atoms with E-state index in [4.69, 9.17) is 9.47 Å². The Morgan fingerprint density at radius 2 is 1.85 bits per heavy atom. The molecule has 1 atom stereocenters. The van der Waals surface area contributed by atoms with E-state index in [1.54, 1.807) is 31.4 Å². The number of aromatic nitrogens is 1. The maximum absolute atomic E-state index is 13.5. The van der Waals surface area contributed by atoms with Gasteiger partial charge in [-0.2, -0.15) is 0 Å². The van der Waals surface area contributed by atoms with Gasteiger partial charge in [0.25, 0.3) is 5.91 Å². The van der Waals surface area contributed by atoms with Crippen LogP contribution in [-0.2, 0) is 10.3 Å². The number of carbonyl (C=O) groups is 3. The fourth-order valence-electron chi connectivity index (χ4n) is 4.92. The van der Waals surface area contributed by atoms with E-state index in [0.29, 0.717) is 29.9 Å². The van der Waals surface area contributed by atoms with E-state index in [1.807, 2.05) is 48.7 Å². The van der Waals surface area contributed by atoms with Crippen LogP contribution < -0.4 is 14.8 Å². The van der Waals surface area contributed by atoms with Crippen LogP contribution >= 0.6 is 0 Å². The summed E-state index contributed by atoms with van der Waals surface area (Å²) >= 11 is 0. The van der Waals surface area contributed by atoms with Gasteiger partial charge in [-0.15, -0.1) is 0 Å². The Hall–Kier alpha value is -4.07. The van der Waals surface area contributed by atoms with E-state index < -0.39 is 17.5 Å². The van der Waals surface area contributed by atoms with Crippen LogP contribution in [0.1, 0.15) is 33.7 Å². The zero-order valence-electron chi connectivity index (χ0n) is 19.3. The van der Waals surface area contributed by atoms with Crippen molar-refractivity contribution in [2.24, 2.45) is 0 Å². The van der Waals surface area contributed by atoms with Gasteiger partial charge in [0, 0.05) is 34.6 Å². The molecular formula is C26H25N3O5. The Morgan fingerprint density at radius 1 is 1.12 bits per heavy atom. The molecule has 1 fully saturated rings. The first-order valence-electron chi connectivity index (χ1n) is 11.1. The molecule has 34 heavy (non-hydrogen) atoms. The Bertz CT molecular complexity index is 1310. The summed E-state index contributed by atoms with van der Waals surface area (Å²) in [6.45, 7) is 3.73. The molecule has 2 aromatic carbocycles. The van der Waals surface area contributed by atoms with Gasteiger partial charge >= 0.3 is 6.03 Å². The number of ether oxygens (including phenoxy) is 2. The monoisotopic (exact) mass is 459 g/mol. The first-order chi connectivity index (χ1) is 16.4. The Kier molecular flexibility index (Phi) is 5.16. The van der Waals surface area contributed by atoms with Gasteiger partial charge in [-0.05, 0) is 50.2 Å². The molecule has 2 aliphatic heterocycles. The molecule has 1 aromatic heterocycles. The van der Waals surface area contributed by atoms with Gasteiger partial charge in [0.15, 0.2) is 11.3 Å². The van der Waals surface area contributed by atoms with E-state index >= 15 is 0 Å². The quantitative estimate of drug-likeness (QED) is 0.466. The van der Waals surface area contributed by atoms with Crippen LogP contribution in [0.25, 0.3) is 5.69 Å². The summed E-state index contributed by atoms with van der Waals surface area (Å²) in [4.78, 5) is 40.6. The number of para-hydroxylation sites is 1. The number of carbonyl (C=O) groups excluding carboxylic acids is 3. The van der Waals surface area contributed by atoms with Gasteiger partial charge in [-0.3, -0.25) is 14.5 Å². The minimum atomic E-state index is -1.20. The highest BCUT2D eigenvalue weighted by atomic mass is 16.5. The van der Waals surface area contributed by atoms with Crippen molar-refractivity contribution in [1.29, 1.82) is 0 Å². The summed E-state index contributed by atoms with van der Waals surface area (Å²) in [5.74, 6) is 0.586. The molecule has 0 unspecified atom stereocenters. The van der Waals surface area contributed by atoms with Gasteiger partial charge in [-0.25, -0.2) is 4.79 Å². The van der Waals surface area contributed by atoms with Crippen molar-refractivity contribution in [3.63, 3.8) is 0 Å². The van der Waals surface area contributed by atoms with Crippen molar-refractivity contribution in [3.8, 4) is 17.2 Å². The molecule has 3 amide bonds. The summed E-state index contributed by atoms with van der Waals surface area (Å²) in [5.41, 5.74) is 2.40. The lowest BCUT2D eigenvalue weighted by Gasteiger charge is -2.33. The number of amides is 3. The van der Waals surface area contributed by atoms with Gasteiger partial charge in [0.05, 0.1) is 20.3 Å². The van der Waals surface area contributed by atoms with Crippen LogP contribution in [0.5, 0.6) is 11.5 Å². The number of methoxy groups -OCH3 is 1. The molecule has 0 bridgehead atoms. The van der Waals surface area contributed by atoms with Gasteiger partial charge in [0.1, 0.15) is 11.5 Å². The summed E-state index contributed by atoms with van der Waals surface area (Å²) in [6.07, 6.45) is 0.311. The number of Topliss-reactive ketones (excluding diaryl/α,β-unsaturated/α-hetero) is 1. The second kappa shape index (κ2) is 8.06. The third kappa shape index (κ3) is 3.25. The van der Waals surface area contributed by atoms with Crippen LogP contribution in [0.4, 0.5) is 4.79 Å². The molecule has 3 heterocycles. The molecule has 1 spiro atoms. The number of fused-ring (bicyclic) bond motifs is 2. The molecule has 0 saturated carbocycles. The fourth-order valence-corrected chi connectivity index (χ4v) is 4.92. The molecular weight excluding hydrogens is 434 g/mol. The van der Waals surface area contributed by atoms with Gasteiger partial charge in [-0.1, -0.05) is 18.2 Å². The highest BCUT2D eigenvalue weighted by Crippen LogP contribution is 2.41. The van der Waals surface area contributed by atoms with E-state index in [1.165, 1.54) is 0 Å². The predicted molar refractivity (Wildman–Crippen MR) is 125 cm³/mol. The van der Waals surface area contributed by atoms with Gasteiger partial charge < -0.3 is 19.4 Å². The molecule has 5 rings (SSSR count). The number of ketones is 1. The Morgan fingerprint density at radius 3 is 2.59 bits per heavy atom. The molecule has 2 aliphatic rings. The van der Waals surface area contributed by atoms with Crippen molar-refractivity contribution in [2.75, 3.05) is 20.3 Å². The summed E-state index contributed by atoms with van der Waals surface area (Å²) in [5, 5.41) is 2.84. The number of hydrogen-bond donors (Lipinski definition) is 1. The number of urea groups is 1. The highest BCUT2D eigenvalue weighted by molar-refractivity contribution is 6.12. The smallest absolute Gasteiger partial charge is 0.325 e.